The van der Waals surface area contributed by atoms with Crippen LogP contribution in [0.1, 0.15) is 50.0 Å². The van der Waals surface area contributed by atoms with Crippen molar-refractivity contribution in [1.29, 1.82) is 0 Å². The van der Waals surface area contributed by atoms with Crippen LogP contribution < -0.4 is 4.90 Å². The number of hydrogen-bond acceptors (Lipinski definition) is 6. The first kappa shape index (κ1) is 21.9. The summed E-state index contributed by atoms with van der Waals surface area (Å²) in [4.78, 5) is 19.3. The van der Waals surface area contributed by atoms with Gasteiger partial charge in [-0.1, -0.05) is 6.92 Å². The van der Waals surface area contributed by atoms with Gasteiger partial charge in [0, 0.05) is 29.9 Å². The fraction of sp³-hybridized carbons (Fsp3) is 0.522. The maximum absolute atomic E-state index is 12.5. The molecular formula is C23H29N5O4S. The molecule has 176 valence electrons. The molecule has 1 amide bonds. The number of anilines is 1. The summed E-state index contributed by atoms with van der Waals surface area (Å²) in [6.45, 7) is 4.76. The van der Waals surface area contributed by atoms with Gasteiger partial charge in [0.15, 0.2) is 9.84 Å². The quantitative estimate of drug-likeness (QED) is 0.579. The van der Waals surface area contributed by atoms with Crippen molar-refractivity contribution in [2.24, 2.45) is 0 Å². The second-order valence-corrected chi connectivity index (χ2v) is 11.4. The van der Waals surface area contributed by atoms with Crippen molar-refractivity contribution in [2.45, 2.75) is 57.7 Å². The molecule has 0 spiro atoms. The predicted molar refractivity (Wildman–Crippen MR) is 125 cm³/mol. The molecule has 1 fully saturated rings. The molecule has 0 radical (unpaired) electrons. The number of ether oxygens (including phenoxy) is 1. The zero-order valence-corrected chi connectivity index (χ0v) is 20.0. The lowest BCUT2D eigenvalue weighted by Crippen LogP contribution is -2.42. The van der Waals surface area contributed by atoms with E-state index >= 15 is 0 Å². The van der Waals surface area contributed by atoms with Gasteiger partial charge in [0.2, 0.25) is 0 Å². The summed E-state index contributed by atoms with van der Waals surface area (Å²) in [6, 6.07) is 5.70. The van der Waals surface area contributed by atoms with E-state index in [1.54, 1.807) is 11.1 Å². The number of fused-ring (bicyclic) bond motifs is 3. The average molecular weight is 472 g/mol. The van der Waals surface area contributed by atoms with Crippen LogP contribution >= 0.6 is 0 Å². The summed E-state index contributed by atoms with van der Waals surface area (Å²) in [7, 11) is -1.67. The Hall–Kier alpha value is -2.88. The van der Waals surface area contributed by atoms with E-state index < -0.39 is 9.84 Å². The summed E-state index contributed by atoms with van der Waals surface area (Å²) in [5.74, 6) is 1.21. The Kier molecular flexibility index (Phi) is 5.43. The van der Waals surface area contributed by atoms with Crippen LogP contribution in [-0.4, -0.2) is 58.5 Å². The third-order valence-corrected chi connectivity index (χ3v) is 8.64. The van der Waals surface area contributed by atoms with Gasteiger partial charge in [-0.2, -0.15) is 5.10 Å². The van der Waals surface area contributed by atoms with Crippen molar-refractivity contribution in [3.63, 3.8) is 0 Å². The number of amides is 1. The highest BCUT2D eigenvalue weighted by Gasteiger charge is 2.35. The molecule has 2 aliphatic rings. The number of carbonyl (C=O) groups is 1. The van der Waals surface area contributed by atoms with Crippen LogP contribution in [0.4, 0.5) is 10.5 Å². The summed E-state index contributed by atoms with van der Waals surface area (Å²) in [6.07, 6.45) is 5.48. The number of aromatic nitrogens is 4. The van der Waals surface area contributed by atoms with Crippen LogP contribution in [0.25, 0.3) is 11.0 Å². The van der Waals surface area contributed by atoms with Gasteiger partial charge < -0.3 is 9.30 Å². The van der Waals surface area contributed by atoms with E-state index in [-0.39, 0.29) is 35.6 Å². The lowest BCUT2D eigenvalue weighted by atomic mass is 9.95. The second kappa shape index (κ2) is 8.16. The molecule has 0 aliphatic carbocycles. The van der Waals surface area contributed by atoms with Crippen LogP contribution in [0, 0.1) is 0 Å². The van der Waals surface area contributed by atoms with Gasteiger partial charge in [-0.3, -0.25) is 9.58 Å². The van der Waals surface area contributed by atoms with Gasteiger partial charge in [0.1, 0.15) is 5.82 Å². The Morgan fingerprint density at radius 1 is 1.30 bits per heavy atom. The minimum atomic E-state index is -3.07. The summed E-state index contributed by atoms with van der Waals surface area (Å²) in [5.41, 5.74) is 3.61. The molecule has 5 rings (SSSR count). The first-order chi connectivity index (χ1) is 15.8. The van der Waals surface area contributed by atoms with Gasteiger partial charge in [-0.05, 0) is 44.4 Å². The molecule has 2 aromatic heterocycles. The van der Waals surface area contributed by atoms with Crippen molar-refractivity contribution < 1.29 is 17.9 Å². The number of imidazole rings is 1. The number of hydrogen-bond donors (Lipinski definition) is 0. The van der Waals surface area contributed by atoms with E-state index in [1.807, 2.05) is 36.0 Å². The van der Waals surface area contributed by atoms with Crippen molar-refractivity contribution in [3.05, 3.63) is 42.0 Å². The molecule has 33 heavy (non-hydrogen) atoms. The first-order valence-electron chi connectivity index (χ1n) is 11.4. The van der Waals surface area contributed by atoms with Crippen LogP contribution in [-0.2, 0) is 27.5 Å². The molecule has 9 nitrogen and oxygen atoms in total. The number of aryl methyl sites for hydroxylation is 1. The van der Waals surface area contributed by atoms with Crippen LogP contribution in [0.5, 0.6) is 0 Å². The zero-order valence-electron chi connectivity index (χ0n) is 19.1. The molecular weight excluding hydrogens is 442 g/mol. The molecule has 0 N–H and O–H groups in total. The number of nitrogens with zero attached hydrogens (tertiary/aromatic N) is 5. The lowest BCUT2D eigenvalue weighted by Gasteiger charge is -2.34. The number of carbonyl (C=O) groups excluding carboxylic acids is 1. The fourth-order valence-corrected chi connectivity index (χ4v) is 6.97. The Balaban J connectivity index is 1.67. The fourth-order valence-electron chi connectivity index (χ4n) is 5.27. The highest BCUT2D eigenvalue weighted by molar-refractivity contribution is 7.91. The Morgan fingerprint density at radius 2 is 2.12 bits per heavy atom. The molecule has 1 aromatic carbocycles. The molecule has 3 aromatic rings. The topological polar surface area (TPSA) is 99.3 Å². The summed E-state index contributed by atoms with van der Waals surface area (Å²) < 4.78 is 33.7. The highest BCUT2D eigenvalue weighted by Crippen LogP contribution is 2.40. The number of methoxy groups -OCH3 is 1. The van der Waals surface area contributed by atoms with Gasteiger partial charge in [-0.15, -0.1) is 0 Å². The number of sulfone groups is 1. The van der Waals surface area contributed by atoms with Crippen LogP contribution in [0.15, 0.2) is 30.6 Å². The Bertz CT molecular complexity index is 1300. The summed E-state index contributed by atoms with van der Waals surface area (Å²) >= 11 is 0. The molecule has 3 atom stereocenters. The molecule has 1 saturated heterocycles. The van der Waals surface area contributed by atoms with Crippen molar-refractivity contribution in [2.75, 3.05) is 23.5 Å². The van der Waals surface area contributed by atoms with Gasteiger partial charge >= 0.3 is 6.09 Å². The molecule has 2 aliphatic heterocycles. The third-order valence-electron chi connectivity index (χ3n) is 6.89. The first-order valence-corrected chi connectivity index (χ1v) is 13.2. The SMILES string of the molecule is COC(=O)N1c2ccc3c(nc([C@H](C)Cn4cccn4)n3[C@H]3CCS(=O)(=O)C3)c2CC[C@@H]1C. The second-order valence-electron chi connectivity index (χ2n) is 9.18. The van der Waals surface area contributed by atoms with E-state index in [0.29, 0.717) is 13.0 Å². The molecule has 10 heteroatoms. The minimum Gasteiger partial charge on any atom is -0.452 e. The Labute approximate surface area is 193 Å². The summed E-state index contributed by atoms with van der Waals surface area (Å²) in [5, 5.41) is 4.33. The molecule has 0 unspecified atom stereocenters. The average Bonchev–Trinajstić information content (AvgIpc) is 3.51. The monoisotopic (exact) mass is 471 g/mol. The normalized spacial score (nSPS) is 22.9. The molecule has 0 bridgehead atoms. The standard InChI is InChI=1S/C23H29N5O4S/c1-15(13-26-11-4-10-24-26)22-25-21-18-6-5-16(2)27(23(29)32-3)19(18)7-8-20(21)28(22)17-9-12-33(30,31)14-17/h4,7-8,10-11,15-17H,5-6,9,12-14H2,1-3H3/t15-,16+,17+/m1/s1. The van der Waals surface area contributed by atoms with Gasteiger partial charge in [0.05, 0.1) is 47.9 Å². The van der Waals surface area contributed by atoms with E-state index in [1.165, 1.54) is 7.11 Å². The maximum atomic E-state index is 12.5. The zero-order chi connectivity index (χ0) is 23.3. The van der Waals surface area contributed by atoms with Crippen molar-refractivity contribution >= 4 is 32.7 Å². The third kappa shape index (κ3) is 3.80. The minimum absolute atomic E-state index is 0.0236. The predicted octanol–water partition coefficient (Wildman–Crippen LogP) is 3.30. The van der Waals surface area contributed by atoms with E-state index in [4.69, 9.17) is 9.72 Å². The largest absolute Gasteiger partial charge is 0.452 e. The van der Waals surface area contributed by atoms with Crippen LogP contribution in [0.2, 0.25) is 0 Å². The van der Waals surface area contributed by atoms with Crippen LogP contribution in [0.3, 0.4) is 0 Å². The van der Waals surface area contributed by atoms with Gasteiger partial charge in [-0.25, -0.2) is 18.2 Å². The van der Waals surface area contributed by atoms with E-state index in [9.17, 15) is 13.2 Å². The number of benzene rings is 1. The van der Waals surface area contributed by atoms with Gasteiger partial charge in [0.25, 0.3) is 0 Å². The smallest absolute Gasteiger partial charge is 0.414 e. The van der Waals surface area contributed by atoms with E-state index in [2.05, 4.69) is 16.6 Å². The lowest BCUT2D eigenvalue weighted by molar-refractivity contribution is 0.175. The Morgan fingerprint density at radius 3 is 2.79 bits per heavy atom. The molecule has 0 saturated carbocycles. The van der Waals surface area contributed by atoms with Crippen molar-refractivity contribution in [1.82, 2.24) is 19.3 Å². The van der Waals surface area contributed by atoms with E-state index in [0.717, 1.165) is 41.0 Å². The highest BCUT2D eigenvalue weighted by atomic mass is 32.2. The molecule has 4 heterocycles. The maximum Gasteiger partial charge on any atom is 0.414 e. The number of rotatable bonds is 4. The van der Waals surface area contributed by atoms with Crippen molar-refractivity contribution in [3.8, 4) is 0 Å².